The molecule has 2 heterocycles. The Bertz CT molecular complexity index is 470. The van der Waals surface area contributed by atoms with E-state index in [-0.39, 0.29) is 0 Å². The van der Waals surface area contributed by atoms with Crippen LogP contribution in [0.15, 0.2) is 24.7 Å². The van der Waals surface area contributed by atoms with Crippen LogP contribution in [0.25, 0.3) is 5.52 Å². The average molecular weight is 235 g/mol. The smallest absolute Gasteiger partial charge is 0.154 e. The Morgan fingerprint density at radius 3 is 3.06 bits per heavy atom. The van der Waals surface area contributed by atoms with E-state index in [2.05, 4.69) is 15.0 Å². The number of nitrogens with zero attached hydrogens (tertiary/aromatic N) is 4. The van der Waals surface area contributed by atoms with E-state index < -0.39 is 0 Å². The van der Waals surface area contributed by atoms with Crippen LogP contribution in [0.5, 0.6) is 0 Å². The van der Waals surface area contributed by atoms with Crippen LogP contribution in [0.2, 0.25) is 0 Å². The van der Waals surface area contributed by atoms with Crippen LogP contribution in [0.4, 0.5) is 5.82 Å². The van der Waals surface area contributed by atoms with Crippen molar-refractivity contribution in [2.45, 2.75) is 0 Å². The minimum atomic E-state index is 0.584. The van der Waals surface area contributed by atoms with Gasteiger partial charge in [0.15, 0.2) is 5.82 Å². The molecule has 0 aliphatic heterocycles. The van der Waals surface area contributed by atoms with Crippen molar-refractivity contribution in [3.8, 4) is 0 Å². The van der Waals surface area contributed by atoms with Crippen LogP contribution in [0.1, 0.15) is 0 Å². The standard InChI is InChI=1S/C11H17N5O/c1-17-9-8-15(6-3-12)11-10-2-4-14-16(10)7-5-13-11/h2,4-5,7H,3,6,8-9,12H2,1H3. The molecule has 0 amide bonds. The van der Waals surface area contributed by atoms with E-state index >= 15 is 0 Å². The molecule has 0 bridgehead atoms. The zero-order chi connectivity index (χ0) is 12.1. The first-order valence-electron chi connectivity index (χ1n) is 5.59. The van der Waals surface area contributed by atoms with Crippen molar-refractivity contribution in [3.63, 3.8) is 0 Å². The normalized spacial score (nSPS) is 10.9. The van der Waals surface area contributed by atoms with Gasteiger partial charge in [-0.3, -0.25) is 0 Å². The molecule has 2 rings (SSSR count). The van der Waals surface area contributed by atoms with Crippen molar-refractivity contribution in [2.75, 3.05) is 38.3 Å². The molecule has 0 fully saturated rings. The van der Waals surface area contributed by atoms with Gasteiger partial charge >= 0.3 is 0 Å². The minimum absolute atomic E-state index is 0.584. The van der Waals surface area contributed by atoms with Gasteiger partial charge < -0.3 is 15.4 Å². The van der Waals surface area contributed by atoms with Gasteiger partial charge in [-0.25, -0.2) is 9.50 Å². The molecular formula is C11H17N5O. The summed E-state index contributed by atoms with van der Waals surface area (Å²) in [5, 5.41) is 4.19. The predicted molar refractivity (Wildman–Crippen MR) is 66.1 cm³/mol. The summed E-state index contributed by atoms with van der Waals surface area (Å²) in [6.07, 6.45) is 5.33. The summed E-state index contributed by atoms with van der Waals surface area (Å²) in [5.74, 6) is 0.896. The zero-order valence-corrected chi connectivity index (χ0v) is 9.91. The molecule has 6 heteroatoms. The SMILES string of the molecule is COCCN(CCN)c1nccn2nccc12. The Kier molecular flexibility index (Phi) is 3.89. The number of hydrogen-bond acceptors (Lipinski definition) is 5. The zero-order valence-electron chi connectivity index (χ0n) is 9.91. The van der Waals surface area contributed by atoms with E-state index in [9.17, 15) is 0 Å². The highest BCUT2D eigenvalue weighted by Crippen LogP contribution is 2.17. The summed E-state index contributed by atoms with van der Waals surface area (Å²) in [5.41, 5.74) is 6.61. The Morgan fingerprint density at radius 2 is 2.29 bits per heavy atom. The average Bonchev–Trinajstić information content (AvgIpc) is 2.82. The van der Waals surface area contributed by atoms with Crippen molar-refractivity contribution >= 4 is 11.3 Å². The fourth-order valence-electron chi connectivity index (χ4n) is 1.77. The summed E-state index contributed by atoms with van der Waals surface area (Å²) >= 11 is 0. The highest BCUT2D eigenvalue weighted by molar-refractivity contribution is 5.68. The van der Waals surface area contributed by atoms with Gasteiger partial charge in [0.2, 0.25) is 0 Å². The summed E-state index contributed by atoms with van der Waals surface area (Å²) < 4.78 is 6.91. The molecule has 92 valence electrons. The lowest BCUT2D eigenvalue weighted by Gasteiger charge is -2.23. The number of aromatic nitrogens is 3. The molecular weight excluding hydrogens is 218 g/mol. The second-order valence-electron chi connectivity index (χ2n) is 3.68. The van der Waals surface area contributed by atoms with Gasteiger partial charge in [-0.15, -0.1) is 0 Å². The van der Waals surface area contributed by atoms with E-state index in [1.54, 1.807) is 24.0 Å². The third-order valence-corrected chi connectivity index (χ3v) is 2.57. The first kappa shape index (κ1) is 11.8. The minimum Gasteiger partial charge on any atom is -0.383 e. The Balaban J connectivity index is 2.30. The van der Waals surface area contributed by atoms with Gasteiger partial charge in [0.25, 0.3) is 0 Å². The summed E-state index contributed by atoms with van der Waals surface area (Å²) in [6.45, 7) is 2.75. The third kappa shape index (κ3) is 2.54. The van der Waals surface area contributed by atoms with Crippen molar-refractivity contribution in [1.82, 2.24) is 14.6 Å². The van der Waals surface area contributed by atoms with E-state index in [1.807, 2.05) is 12.3 Å². The van der Waals surface area contributed by atoms with Crippen LogP contribution < -0.4 is 10.6 Å². The number of nitrogens with two attached hydrogens (primary N) is 1. The van der Waals surface area contributed by atoms with Crippen molar-refractivity contribution in [2.24, 2.45) is 5.73 Å². The van der Waals surface area contributed by atoms with Gasteiger partial charge in [0.1, 0.15) is 5.52 Å². The summed E-state index contributed by atoms with van der Waals surface area (Å²) in [4.78, 5) is 6.52. The topological polar surface area (TPSA) is 68.7 Å². The molecule has 0 atom stereocenters. The Hall–Kier alpha value is -1.66. The molecule has 0 aromatic carbocycles. The van der Waals surface area contributed by atoms with Gasteiger partial charge in [-0.2, -0.15) is 5.10 Å². The molecule has 0 unspecified atom stereocenters. The van der Waals surface area contributed by atoms with E-state index in [0.717, 1.165) is 24.4 Å². The van der Waals surface area contributed by atoms with Crippen LogP contribution >= 0.6 is 0 Å². The van der Waals surface area contributed by atoms with E-state index in [4.69, 9.17) is 10.5 Å². The molecule has 0 radical (unpaired) electrons. The van der Waals surface area contributed by atoms with E-state index in [0.29, 0.717) is 13.2 Å². The maximum Gasteiger partial charge on any atom is 0.154 e. The third-order valence-electron chi connectivity index (χ3n) is 2.57. The maximum atomic E-state index is 5.63. The highest BCUT2D eigenvalue weighted by Gasteiger charge is 2.11. The number of methoxy groups -OCH3 is 1. The number of fused-ring (bicyclic) bond motifs is 1. The van der Waals surface area contributed by atoms with Crippen molar-refractivity contribution in [1.29, 1.82) is 0 Å². The summed E-state index contributed by atoms with van der Waals surface area (Å²) in [6, 6.07) is 1.94. The number of rotatable bonds is 6. The van der Waals surface area contributed by atoms with Gasteiger partial charge in [0.05, 0.1) is 12.8 Å². The van der Waals surface area contributed by atoms with Crippen molar-refractivity contribution < 1.29 is 4.74 Å². The monoisotopic (exact) mass is 235 g/mol. The molecule has 0 saturated heterocycles. The van der Waals surface area contributed by atoms with Crippen molar-refractivity contribution in [3.05, 3.63) is 24.7 Å². The number of ether oxygens (including phenoxy) is 1. The first-order chi connectivity index (χ1) is 8.36. The number of hydrogen-bond donors (Lipinski definition) is 1. The molecule has 0 aliphatic rings. The molecule has 6 nitrogen and oxygen atoms in total. The van der Waals surface area contributed by atoms with Crippen LogP contribution in [-0.4, -0.2) is 47.9 Å². The molecule has 0 aliphatic carbocycles. The van der Waals surface area contributed by atoms with Gasteiger partial charge in [-0.05, 0) is 6.07 Å². The Morgan fingerprint density at radius 1 is 1.41 bits per heavy atom. The predicted octanol–water partition coefficient (Wildman–Crippen LogP) is 0.141. The van der Waals surface area contributed by atoms with Crippen LogP contribution in [-0.2, 0) is 4.74 Å². The van der Waals surface area contributed by atoms with Crippen LogP contribution in [0, 0.1) is 0 Å². The molecule has 0 spiro atoms. The molecule has 2 N–H and O–H groups in total. The number of anilines is 1. The molecule has 0 saturated carbocycles. The lowest BCUT2D eigenvalue weighted by Crippen LogP contribution is -2.33. The fraction of sp³-hybridized carbons (Fsp3) is 0.455. The largest absolute Gasteiger partial charge is 0.383 e. The molecule has 2 aromatic rings. The van der Waals surface area contributed by atoms with Gasteiger partial charge in [0, 0.05) is 39.1 Å². The first-order valence-corrected chi connectivity index (χ1v) is 5.59. The maximum absolute atomic E-state index is 5.63. The summed E-state index contributed by atoms with van der Waals surface area (Å²) in [7, 11) is 1.69. The highest BCUT2D eigenvalue weighted by atomic mass is 16.5. The lowest BCUT2D eigenvalue weighted by atomic mass is 10.4. The van der Waals surface area contributed by atoms with E-state index in [1.165, 1.54) is 0 Å². The fourth-order valence-corrected chi connectivity index (χ4v) is 1.77. The molecule has 17 heavy (non-hydrogen) atoms. The molecule has 2 aromatic heterocycles. The van der Waals surface area contributed by atoms with Gasteiger partial charge in [-0.1, -0.05) is 0 Å². The lowest BCUT2D eigenvalue weighted by molar-refractivity contribution is 0.205. The van der Waals surface area contributed by atoms with Crippen LogP contribution in [0.3, 0.4) is 0 Å². The second kappa shape index (κ2) is 5.60. The quantitative estimate of drug-likeness (QED) is 0.771. The second-order valence-corrected chi connectivity index (χ2v) is 3.68. The Labute approximate surface area is 100.0 Å².